The minimum Gasteiger partial charge on any atom is -0.354 e. The summed E-state index contributed by atoms with van der Waals surface area (Å²) >= 11 is 6.42. The van der Waals surface area contributed by atoms with E-state index in [1.807, 2.05) is 62.4 Å². The first-order valence-corrected chi connectivity index (χ1v) is 6.82. The number of hydrogen-bond donors (Lipinski definition) is 0. The standard InChI is InChI=1S/C17H14ClNO/c1-11-3-7-13(8-4-11)16-15(18)17(20-19-16)14-9-5-12(2)6-10-14/h3-10H,1-2H3. The van der Waals surface area contributed by atoms with Gasteiger partial charge in [-0.25, -0.2) is 0 Å². The fourth-order valence-electron chi connectivity index (χ4n) is 2.05. The van der Waals surface area contributed by atoms with Crippen LogP contribution in [0.3, 0.4) is 0 Å². The van der Waals surface area contributed by atoms with Gasteiger partial charge in [-0.1, -0.05) is 76.4 Å². The van der Waals surface area contributed by atoms with E-state index >= 15 is 0 Å². The molecule has 2 nitrogen and oxygen atoms in total. The first-order chi connectivity index (χ1) is 9.65. The molecule has 0 aliphatic heterocycles. The van der Waals surface area contributed by atoms with Gasteiger partial charge < -0.3 is 4.52 Å². The predicted molar refractivity (Wildman–Crippen MR) is 81.9 cm³/mol. The van der Waals surface area contributed by atoms with Crippen molar-refractivity contribution in [3.8, 4) is 22.6 Å². The molecule has 0 aliphatic rings. The molecule has 0 N–H and O–H groups in total. The Hall–Kier alpha value is -2.06. The van der Waals surface area contributed by atoms with E-state index in [9.17, 15) is 0 Å². The summed E-state index contributed by atoms with van der Waals surface area (Å²) < 4.78 is 5.42. The molecule has 0 fully saturated rings. The van der Waals surface area contributed by atoms with Gasteiger partial charge in [0, 0.05) is 11.1 Å². The molecule has 1 aromatic heterocycles. The third kappa shape index (κ3) is 2.35. The highest BCUT2D eigenvalue weighted by molar-refractivity contribution is 6.35. The molecule has 2 aromatic carbocycles. The van der Waals surface area contributed by atoms with Gasteiger partial charge in [-0.2, -0.15) is 0 Å². The first-order valence-electron chi connectivity index (χ1n) is 6.44. The van der Waals surface area contributed by atoms with Crippen molar-refractivity contribution >= 4 is 11.6 Å². The summed E-state index contributed by atoms with van der Waals surface area (Å²) in [5.41, 5.74) is 4.98. The molecule has 1 heterocycles. The second kappa shape index (κ2) is 5.14. The third-order valence-corrected chi connectivity index (χ3v) is 3.62. The Kier molecular flexibility index (Phi) is 3.33. The van der Waals surface area contributed by atoms with E-state index in [1.165, 1.54) is 11.1 Å². The maximum atomic E-state index is 6.42. The molecule has 0 saturated carbocycles. The molecule has 0 atom stereocenters. The fourth-order valence-corrected chi connectivity index (χ4v) is 2.34. The van der Waals surface area contributed by atoms with Crippen molar-refractivity contribution in [3.05, 3.63) is 64.7 Å². The van der Waals surface area contributed by atoms with Crippen molar-refractivity contribution in [1.82, 2.24) is 5.16 Å². The Morgan fingerprint density at radius 3 is 1.85 bits per heavy atom. The van der Waals surface area contributed by atoms with E-state index in [1.54, 1.807) is 0 Å². The monoisotopic (exact) mass is 283 g/mol. The van der Waals surface area contributed by atoms with Crippen LogP contribution in [0.25, 0.3) is 22.6 Å². The molecule has 3 rings (SSSR count). The first kappa shape index (κ1) is 12.9. The quantitative estimate of drug-likeness (QED) is 0.639. The summed E-state index contributed by atoms with van der Waals surface area (Å²) in [5.74, 6) is 0.613. The van der Waals surface area contributed by atoms with Crippen LogP contribution in [0.15, 0.2) is 53.1 Å². The van der Waals surface area contributed by atoms with Crippen LogP contribution in [-0.2, 0) is 0 Å². The van der Waals surface area contributed by atoms with E-state index in [0.29, 0.717) is 16.5 Å². The lowest BCUT2D eigenvalue weighted by Gasteiger charge is -1.99. The summed E-state index contributed by atoms with van der Waals surface area (Å²) in [6, 6.07) is 16.1. The molecule has 0 bridgehead atoms. The van der Waals surface area contributed by atoms with Gasteiger partial charge in [-0.3, -0.25) is 0 Å². The normalized spacial score (nSPS) is 10.8. The summed E-state index contributed by atoms with van der Waals surface area (Å²) in [6.45, 7) is 4.09. The van der Waals surface area contributed by atoms with E-state index in [2.05, 4.69) is 5.16 Å². The molecule has 0 unspecified atom stereocenters. The molecule has 0 aliphatic carbocycles. The molecule has 0 saturated heterocycles. The van der Waals surface area contributed by atoms with Crippen LogP contribution in [0.5, 0.6) is 0 Å². The van der Waals surface area contributed by atoms with Gasteiger partial charge in [0.25, 0.3) is 0 Å². The molecular weight excluding hydrogens is 270 g/mol. The van der Waals surface area contributed by atoms with Crippen LogP contribution in [0, 0.1) is 13.8 Å². The Labute approximate surface area is 123 Å². The van der Waals surface area contributed by atoms with Gasteiger partial charge in [0.1, 0.15) is 10.7 Å². The average molecular weight is 284 g/mol. The van der Waals surface area contributed by atoms with Gasteiger partial charge >= 0.3 is 0 Å². The number of rotatable bonds is 2. The zero-order chi connectivity index (χ0) is 14.1. The fraction of sp³-hybridized carbons (Fsp3) is 0.118. The zero-order valence-electron chi connectivity index (χ0n) is 11.4. The largest absolute Gasteiger partial charge is 0.354 e. The summed E-state index contributed by atoms with van der Waals surface area (Å²) in [6.07, 6.45) is 0. The number of hydrogen-bond acceptors (Lipinski definition) is 2. The van der Waals surface area contributed by atoms with Gasteiger partial charge in [0.2, 0.25) is 0 Å². The lowest BCUT2D eigenvalue weighted by molar-refractivity contribution is 0.435. The molecule has 0 spiro atoms. The molecule has 3 heteroatoms. The minimum absolute atomic E-state index is 0.553. The summed E-state index contributed by atoms with van der Waals surface area (Å²) in [5, 5.41) is 4.66. The van der Waals surface area contributed by atoms with Gasteiger partial charge in [0.15, 0.2) is 5.76 Å². The van der Waals surface area contributed by atoms with Crippen LogP contribution in [0.2, 0.25) is 5.02 Å². The summed E-state index contributed by atoms with van der Waals surface area (Å²) in [4.78, 5) is 0. The van der Waals surface area contributed by atoms with Crippen molar-refractivity contribution < 1.29 is 4.52 Å². The number of aromatic nitrogens is 1. The third-order valence-electron chi connectivity index (χ3n) is 3.27. The van der Waals surface area contributed by atoms with Crippen molar-refractivity contribution in [2.45, 2.75) is 13.8 Å². The number of nitrogens with zero attached hydrogens (tertiary/aromatic N) is 1. The van der Waals surface area contributed by atoms with Gasteiger partial charge in [-0.05, 0) is 13.8 Å². The second-order valence-electron chi connectivity index (χ2n) is 4.91. The maximum Gasteiger partial charge on any atom is 0.186 e. The van der Waals surface area contributed by atoms with E-state index < -0.39 is 0 Å². The molecule has 0 amide bonds. The second-order valence-corrected chi connectivity index (χ2v) is 5.28. The van der Waals surface area contributed by atoms with Crippen LogP contribution in [-0.4, -0.2) is 5.16 Å². The Morgan fingerprint density at radius 2 is 1.30 bits per heavy atom. The number of benzene rings is 2. The van der Waals surface area contributed by atoms with Crippen molar-refractivity contribution in [2.75, 3.05) is 0 Å². The lowest BCUT2D eigenvalue weighted by atomic mass is 10.1. The van der Waals surface area contributed by atoms with Crippen LogP contribution >= 0.6 is 11.6 Å². The highest BCUT2D eigenvalue weighted by atomic mass is 35.5. The zero-order valence-corrected chi connectivity index (χ0v) is 12.1. The highest BCUT2D eigenvalue weighted by Crippen LogP contribution is 2.36. The molecule has 0 radical (unpaired) electrons. The van der Waals surface area contributed by atoms with E-state index in [0.717, 1.165) is 11.1 Å². The van der Waals surface area contributed by atoms with Crippen LogP contribution < -0.4 is 0 Å². The minimum atomic E-state index is 0.553. The number of aryl methyl sites for hydroxylation is 2. The summed E-state index contributed by atoms with van der Waals surface area (Å²) in [7, 11) is 0. The average Bonchev–Trinajstić information content (AvgIpc) is 2.83. The Balaban J connectivity index is 2.04. The topological polar surface area (TPSA) is 26.0 Å². The maximum absolute atomic E-state index is 6.42. The molecule has 20 heavy (non-hydrogen) atoms. The van der Waals surface area contributed by atoms with Crippen molar-refractivity contribution in [2.24, 2.45) is 0 Å². The smallest absolute Gasteiger partial charge is 0.186 e. The van der Waals surface area contributed by atoms with Crippen molar-refractivity contribution in [3.63, 3.8) is 0 Å². The SMILES string of the molecule is Cc1ccc(-c2noc(-c3ccc(C)cc3)c2Cl)cc1. The highest BCUT2D eigenvalue weighted by Gasteiger charge is 2.16. The van der Waals surface area contributed by atoms with E-state index in [-0.39, 0.29) is 0 Å². The number of halogens is 1. The van der Waals surface area contributed by atoms with Gasteiger partial charge in [0.05, 0.1) is 0 Å². The Bertz CT molecular complexity index is 664. The van der Waals surface area contributed by atoms with Crippen molar-refractivity contribution in [1.29, 1.82) is 0 Å². The predicted octanol–water partition coefficient (Wildman–Crippen LogP) is 5.28. The van der Waals surface area contributed by atoms with Crippen LogP contribution in [0.1, 0.15) is 11.1 Å². The molecular formula is C17H14ClNO. The molecule has 100 valence electrons. The van der Waals surface area contributed by atoms with E-state index in [4.69, 9.17) is 16.1 Å². The lowest BCUT2D eigenvalue weighted by Crippen LogP contribution is -1.79. The van der Waals surface area contributed by atoms with Crippen LogP contribution in [0.4, 0.5) is 0 Å². The Morgan fingerprint density at radius 1 is 0.800 bits per heavy atom. The van der Waals surface area contributed by atoms with Gasteiger partial charge in [-0.15, -0.1) is 0 Å². The molecule has 3 aromatic rings.